The second-order valence-electron chi connectivity index (χ2n) is 5.05. The number of rotatable bonds is 5. The van der Waals surface area contributed by atoms with Gasteiger partial charge in [0.15, 0.2) is 6.61 Å². The van der Waals surface area contributed by atoms with Crippen LogP contribution in [0.1, 0.15) is 11.1 Å². The van der Waals surface area contributed by atoms with Gasteiger partial charge in [0.05, 0.1) is 12.1 Å². The topological polar surface area (TPSA) is 38.3 Å². The molecule has 1 amide bonds. The van der Waals surface area contributed by atoms with Crippen molar-refractivity contribution in [3.05, 3.63) is 59.7 Å². The Labute approximate surface area is 132 Å². The van der Waals surface area contributed by atoms with Crippen molar-refractivity contribution in [3.8, 4) is 5.75 Å². The summed E-state index contributed by atoms with van der Waals surface area (Å²) < 4.78 is 41.5. The van der Waals surface area contributed by atoms with E-state index in [1.807, 2.05) is 31.2 Å². The Morgan fingerprint density at radius 1 is 1.09 bits per heavy atom. The van der Waals surface area contributed by atoms with Crippen LogP contribution in [0.3, 0.4) is 0 Å². The molecule has 0 atom stereocenters. The molecule has 122 valence electrons. The van der Waals surface area contributed by atoms with E-state index in [1.54, 1.807) is 12.1 Å². The van der Waals surface area contributed by atoms with Gasteiger partial charge in [-0.25, -0.2) is 0 Å². The number of carbonyl (C=O) groups excluding carboxylic acids is 1. The van der Waals surface area contributed by atoms with Crippen LogP contribution in [0.2, 0.25) is 0 Å². The zero-order valence-electron chi connectivity index (χ0n) is 12.5. The summed E-state index contributed by atoms with van der Waals surface area (Å²) in [6, 6.07) is 13.5. The number of hydrogen-bond donors (Lipinski definition) is 1. The molecule has 2 aromatic carbocycles. The molecule has 1 N–H and O–H groups in total. The number of nitrogens with one attached hydrogen (secondary N) is 1. The van der Waals surface area contributed by atoms with Crippen LogP contribution in [0.4, 0.5) is 18.9 Å². The highest BCUT2D eigenvalue weighted by Crippen LogP contribution is 2.26. The highest BCUT2D eigenvalue weighted by Gasteiger charge is 2.28. The minimum Gasteiger partial charge on any atom is -0.482 e. The molecule has 0 fully saturated rings. The predicted octanol–water partition coefficient (Wildman–Crippen LogP) is 4.12. The van der Waals surface area contributed by atoms with Gasteiger partial charge in [-0.2, -0.15) is 13.2 Å². The van der Waals surface area contributed by atoms with E-state index in [1.165, 1.54) is 12.1 Å². The van der Waals surface area contributed by atoms with Crippen LogP contribution in [-0.4, -0.2) is 18.7 Å². The molecule has 2 rings (SSSR count). The summed E-state index contributed by atoms with van der Waals surface area (Å²) in [7, 11) is 0. The lowest BCUT2D eigenvalue weighted by Gasteiger charge is -2.14. The molecule has 3 nitrogen and oxygen atoms in total. The second-order valence-corrected chi connectivity index (χ2v) is 5.05. The fourth-order valence-electron chi connectivity index (χ4n) is 2.03. The van der Waals surface area contributed by atoms with Crippen LogP contribution in [0, 0.1) is 6.92 Å². The molecule has 0 saturated heterocycles. The number of aryl methyl sites for hydroxylation is 1. The number of amides is 1. The van der Waals surface area contributed by atoms with Gasteiger partial charge < -0.3 is 10.1 Å². The number of alkyl halides is 3. The maximum Gasteiger partial charge on any atom is 0.422 e. The summed E-state index contributed by atoms with van der Waals surface area (Å²) in [5.41, 5.74) is 2.05. The van der Waals surface area contributed by atoms with Gasteiger partial charge in [-0.3, -0.25) is 4.79 Å². The highest BCUT2D eigenvalue weighted by atomic mass is 19.4. The van der Waals surface area contributed by atoms with Crippen molar-refractivity contribution in [2.75, 3.05) is 11.9 Å². The van der Waals surface area contributed by atoms with Crippen molar-refractivity contribution in [2.24, 2.45) is 0 Å². The van der Waals surface area contributed by atoms with Gasteiger partial charge in [0.1, 0.15) is 5.75 Å². The van der Waals surface area contributed by atoms with E-state index in [-0.39, 0.29) is 23.8 Å². The number of para-hydroxylation sites is 2. The van der Waals surface area contributed by atoms with E-state index >= 15 is 0 Å². The Kier molecular flexibility index (Phi) is 5.26. The molecule has 0 saturated carbocycles. The lowest BCUT2D eigenvalue weighted by molar-refractivity contribution is -0.153. The summed E-state index contributed by atoms with van der Waals surface area (Å²) >= 11 is 0. The van der Waals surface area contributed by atoms with Gasteiger partial charge in [-0.15, -0.1) is 0 Å². The van der Waals surface area contributed by atoms with Crippen molar-refractivity contribution in [3.63, 3.8) is 0 Å². The van der Waals surface area contributed by atoms with E-state index in [9.17, 15) is 18.0 Å². The highest BCUT2D eigenvalue weighted by molar-refractivity contribution is 5.93. The molecular formula is C17H16F3NO2. The number of benzene rings is 2. The quantitative estimate of drug-likeness (QED) is 0.899. The minimum absolute atomic E-state index is 0.0111. The molecule has 0 aliphatic rings. The molecule has 0 unspecified atom stereocenters. The fraction of sp³-hybridized carbons (Fsp3) is 0.235. The second kappa shape index (κ2) is 7.17. The van der Waals surface area contributed by atoms with Crippen molar-refractivity contribution in [1.29, 1.82) is 0 Å². The molecule has 6 heteroatoms. The standard InChI is InChI=1S/C17H16F3NO2/c1-12-6-2-3-7-13(12)10-16(22)21-14-8-4-5-9-15(14)23-11-17(18,19)20/h2-9H,10-11H2,1H3,(H,21,22). The zero-order chi connectivity index (χ0) is 16.9. The number of ether oxygens (including phenoxy) is 1. The third-order valence-electron chi connectivity index (χ3n) is 3.16. The minimum atomic E-state index is -4.43. The molecule has 0 spiro atoms. The molecule has 0 aliphatic carbocycles. The average molecular weight is 323 g/mol. The van der Waals surface area contributed by atoms with Crippen LogP contribution >= 0.6 is 0 Å². The molecule has 2 aromatic rings. The molecule has 0 aliphatic heterocycles. The van der Waals surface area contributed by atoms with E-state index < -0.39 is 12.8 Å². The van der Waals surface area contributed by atoms with Gasteiger partial charge in [-0.1, -0.05) is 36.4 Å². The van der Waals surface area contributed by atoms with Crippen molar-refractivity contribution >= 4 is 11.6 Å². The van der Waals surface area contributed by atoms with E-state index in [0.29, 0.717) is 0 Å². The molecule has 0 aromatic heterocycles. The van der Waals surface area contributed by atoms with Crippen molar-refractivity contribution in [2.45, 2.75) is 19.5 Å². The predicted molar refractivity (Wildman–Crippen MR) is 81.5 cm³/mol. The SMILES string of the molecule is Cc1ccccc1CC(=O)Nc1ccccc1OCC(F)(F)F. The summed E-state index contributed by atoms with van der Waals surface area (Å²) in [4.78, 5) is 12.1. The largest absolute Gasteiger partial charge is 0.482 e. The third kappa shape index (κ3) is 5.32. The normalized spacial score (nSPS) is 11.1. The summed E-state index contributed by atoms with van der Waals surface area (Å²) in [6.07, 6.45) is -4.29. The van der Waals surface area contributed by atoms with Gasteiger partial charge >= 0.3 is 6.18 Å². The van der Waals surface area contributed by atoms with Crippen molar-refractivity contribution < 1.29 is 22.7 Å². The van der Waals surface area contributed by atoms with E-state index in [0.717, 1.165) is 11.1 Å². The lowest BCUT2D eigenvalue weighted by atomic mass is 10.1. The number of anilines is 1. The smallest absolute Gasteiger partial charge is 0.422 e. The first kappa shape index (κ1) is 16.9. The van der Waals surface area contributed by atoms with Crippen LogP contribution in [0.25, 0.3) is 0 Å². The summed E-state index contributed by atoms with van der Waals surface area (Å²) in [5.74, 6) is -0.328. The number of carbonyl (C=O) groups is 1. The van der Waals surface area contributed by atoms with Gasteiger partial charge in [0.25, 0.3) is 0 Å². The Hall–Kier alpha value is -2.50. The van der Waals surface area contributed by atoms with Crippen LogP contribution < -0.4 is 10.1 Å². The Morgan fingerprint density at radius 2 is 1.74 bits per heavy atom. The molecule has 23 heavy (non-hydrogen) atoms. The van der Waals surface area contributed by atoms with E-state index in [2.05, 4.69) is 5.32 Å². The molecule has 0 radical (unpaired) electrons. The zero-order valence-corrected chi connectivity index (χ0v) is 12.5. The first-order valence-electron chi connectivity index (χ1n) is 6.98. The summed E-state index contributed by atoms with van der Waals surface area (Å²) in [6.45, 7) is 0.487. The van der Waals surface area contributed by atoms with Gasteiger partial charge in [0.2, 0.25) is 5.91 Å². The van der Waals surface area contributed by atoms with Gasteiger partial charge in [-0.05, 0) is 30.2 Å². The Bertz CT molecular complexity index is 684. The number of hydrogen-bond acceptors (Lipinski definition) is 2. The fourth-order valence-corrected chi connectivity index (χ4v) is 2.03. The van der Waals surface area contributed by atoms with Crippen LogP contribution in [0.15, 0.2) is 48.5 Å². The lowest BCUT2D eigenvalue weighted by Crippen LogP contribution is -2.21. The van der Waals surface area contributed by atoms with Gasteiger partial charge in [0, 0.05) is 0 Å². The maximum absolute atomic E-state index is 12.3. The monoisotopic (exact) mass is 323 g/mol. The third-order valence-corrected chi connectivity index (χ3v) is 3.16. The molecule has 0 heterocycles. The number of halogens is 3. The Morgan fingerprint density at radius 3 is 2.43 bits per heavy atom. The first-order valence-corrected chi connectivity index (χ1v) is 6.98. The molecule has 0 bridgehead atoms. The van der Waals surface area contributed by atoms with E-state index in [4.69, 9.17) is 4.74 Å². The van der Waals surface area contributed by atoms with Crippen molar-refractivity contribution in [1.82, 2.24) is 0 Å². The van der Waals surface area contributed by atoms with Crippen LogP contribution in [-0.2, 0) is 11.2 Å². The Balaban J connectivity index is 2.05. The first-order chi connectivity index (χ1) is 10.8. The summed E-state index contributed by atoms with van der Waals surface area (Å²) in [5, 5.41) is 2.59. The maximum atomic E-state index is 12.3. The molecular weight excluding hydrogens is 307 g/mol. The average Bonchev–Trinajstić information content (AvgIpc) is 2.48. The van der Waals surface area contributed by atoms with Crippen LogP contribution in [0.5, 0.6) is 5.75 Å².